The molecule has 2 rings (SSSR count). The summed E-state index contributed by atoms with van der Waals surface area (Å²) in [7, 11) is 1.60. The molecule has 0 aliphatic carbocycles. The van der Waals surface area contributed by atoms with Gasteiger partial charge in [-0.2, -0.15) is 0 Å². The Labute approximate surface area is 153 Å². The summed E-state index contributed by atoms with van der Waals surface area (Å²) in [6.45, 7) is 4.45. The molecule has 0 spiro atoms. The highest BCUT2D eigenvalue weighted by molar-refractivity contribution is 5.96. The summed E-state index contributed by atoms with van der Waals surface area (Å²) in [5, 5.41) is 5.52. The number of hydrogen-bond donors (Lipinski definition) is 2. The fourth-order valence-electron chi connectivity index (χ4n) is 2.45. The first kappa shape index (κ1) is 19.3. The van der Waals surface area contributed by atoms with Crippen LogP contribution >= 0.6 is 0 Å². The van der Waals surface area contributed by atoms with Gasteiger partial charge in [0, 0.05) is 17.8 Å². The molecule has 2 aromatic rings. The van der Waals surface area contributed by atoms with Crippen molar-refractivity contribution in [1.29, 1.82) is 0 Å². The van der Waals surface area contributed by atoms with E-state index in [4.69, 9.17) is 9.47 Å². The lowest BCUT2D eigenvalue weighted by Crippen LogP contribution is -2.30. The molecule has 0 atom stereocenters. The number of carbonyl (C=O) groups is 2. The van der Waals surface area contributed by atoms with E-state index in [0.717, 1.165) is 5.56 Å². The van der Waals surface area contributed by atoms with Crippen LogP contribution in [0.1, 0.15) is 29.8 Å². The number of hydrogen-bond acceptors (Lipinski definition) is 4. The minimum atomic E-state index is -0.316. The average Bonchev–Trinajstić information content (AvgIpc) is 2.63. The van der Waals surface area contributed by atoms with Crippen LogP contribution in [0.5, 0.6) is 11.5 Å². The van der Waals surface area contributed by atoms with E-state index in [2.05, 4.69) is 10.6 Å². The number of methoxy groups -OCH3 is 1. The maximum Gasteiger partial charge on any atom is 0.319 e. The first-order valence-electron chi connectivity index (χ1n) is 8.49. The zero-order valence-electron chi connectivity index (χ0n) is 15.3. The lowest BCUT2D eigenvalue weighted by Gasteiger charge is -2.12. The van der Waals surface area contributed by atoms with Gasteiger partial charge in [-0.25, -0.2) is 4.79 Å². The Balaban J connectivity index is 1.86. The third-order valence-electron chi connectivity index (χ3n) is 3.75. The van der Waals surface area contributed by atoms with Crippen LogP contribution < -0.4 is 20.1 Å². The number of carbonyl (C=O) groups excluding carboxylic acids is 2. The van der Waals surface area contributed by atoms with E-state index in [9.17, 15) is 9.59 Å². The number of urea groups is 1. The Kier molecular flexibility index (Phi) is 7.02. The normalized spacial score (nSPS) is 10.1. The predicted molar refractivity (Wildman–Crippen MR) is 101 cm³/mol. The number of ketones is 1. The smallest absolute Gasteiger partial charge is 0.319 e. The first-order chi connectivity index (χ1) is 12.5. The lowest BCUT2D eigenvalue weighted by atomic mass is 10.1. The number of amides is 2. The van der Waals surface area contributed by atoms with Crippen molar-refractivity contribution in [3.8, 4) is 11.5 Å². The van der Waals surface area contributed by atoms with Crippen LogP contribution in [0, 0.1) is 0 Å². The quantitative estimate of drug-likeness (QED) is 0.708. The van der Waals surface area contributed by atoms with Crippen LogP contribution in [-0.4, -0.2) is 32.1 Å². The van der Waals surface area contributed by atoms with Crippen molar-refractivity contribution in [1.82, 2.24) is 5.32 Å². The molecule has 0 saturated heterocycles. The zero-order valence-corrected chi connectivity index (χ0v) is 15.3. The van der Waals surface area contributed by atoms with Gasteiger partial charge in [0.05, 0.1) is 13.7 Å². The predicted octanol–water partition coefficient (Wildman–Crippen LogP) is 3.66. The van der Waals surface area contributed by atoms with Crippen LogP contribution in [0.3, 0.4) is 0 Å². The van der Waals surface area contributed by atoms with Crippen molar-refractivity contribution in [3.05, 3.63) is 53.6 Å². The number of anilines is 1. The monoisotopic (exact) mass is 356 g/mol. The topological polar surface area (TPSA) is 76.7 Å². The molecule has 6 heteroatoms. The van der Waals surface area contributed by atoms with Gasteiger partial charge in [0.2, 0.25) is 0 Å². The molecule has 138 valence electrons. The molecule has 26 heavy (non-hydrogen) atoms. The lowest BCUT2D eigenvalue weighted by molar-refractivity contribution is 0.101. The van der Waals surface area contributed by atoms with Gasteiger partial charge in [0.1, 0.15) is 0 Å². The Morgan fingerprint density at radius 2 is 1.88 bits per heavy atom. The van der Waals surface area contributed by atoms with Crippen molar-refractivity contribution < 1.29 is 19.1 Å². The molecule has 0 aromatic heterocycles. The standard InChI is InChI=1S/C20H24N2O4/c1-4-26-18-9-8-15(12-19(18)25-3)10-11-21-20(24)22-17-7-5-6-16(13-17)14(2)23/h5-9,12-13H,4,10-11H2,1-3H3,(H2,21,22,24). The molecule has 2 N–H and O–H groups in total. The molecule has 0 aliphatic heterocycles. The van der Waals surface area contributed by atoms with E-state index < -0.39 is 0 Å². The van der Waals surface area contributed by atoms with Crippen molar-refractivity contribution in [2.45, 2.75) is 20.3 Å². The van der Waals surface area contributed by atoms with Crippen molar-refractivity contribution in [2.24, 2.45) is 0 Å². The van der Waals surface area contributed by atoms with Crippen LogP contribution in [-0.2, 0) is 6.42 Å². The van der Waals surface area contributed by atoms with E-state index in [0.29, 0.717) is 42.3 Å². The summed E-state index contributed by atoms with van der Waals surface area (Å²) in [5.41, 5.74) is 2.17. The fourth-order valence-corrected chi connectivity index (χ4v) is 2.45. The van der Waals surface area contributed by atoms with Gasteiger partial charge in [0.25, 0.3) is 0 Å². The van der Waals surface area contributed by atoms with Crippen molar-refractivity contribution in [2.75, 3.05) is 25.6 Å². The van der Waals surface area contributed by atoms with Gasteiger partial charge in [-0.05, 0) is 50.1 Å². The zero-order chi connectivity index (χ0) is 18.9. The molecule has 0 heterocycles. The van der Waals surface area contributed by atoms with Crippen molar-refractivity contribution >= 4 is 17.5 Å². The molecule has 2 aromatic carbocycles. The second-order valence-corrected chi connectivity index (χ2v) is 5.69. The van der Waals surface area contributed by atoms with Gasteiger partial charge in [0.15, 0.2) is 17.3 Å². The maximum absolute atomic E-state index is 12.0. The molecule has 2 amide bonds. The van der Waals surface area contributed by atoms with E-state index >= 15 is 0 Å². The van der Waals surface area contributed by atoms with Gasteiger partial charge < -0.3 is 20.1 Å². The number of Topliss-reactive ketones (excluding diaryl/α,β-unsaturated/α-hetero) is 1. The third-order valence-corrected chi connectivity index (χ3v) is 3.75. The Hall–Kier alpha value is -3.02. The number of benzene rings is 2. The molecule has 6 nitrogen and oxygen atoms in total. The van der Waals surface area contributed by atoms with Crippen LogP contribution in [0.25, 0.3) is 0 Å². The SMILES string of the molecule is CCOc1ccc(CCNC(=O)Nc2cccc(C(C)=O)c2)cc1OC. The van der Waals surface area contributed by atoms with E-state index in [1.165, 1.54) is 6.92 Å². The Morgan fingerprint density at radius 3 is 2.58 bits per heavy atom. The summed E-state index contributed by atoms with van der Waals surface area (Å²) in [6, 6.07) is 12.2. The van der Waals surface area contributed by atoms with Crippen LogP contribution in [0.15, 0.2) is 42.5 Å². The average molecular weight is 356 g/mol. The fraction of sp³-hybridized carbons (Fsp3) is 0.300. The summed E-state index contributed by atoms with van der Waals surface area (Å²) < 4.78 is 10.8. The first-order valence-corrected chi connectivity index (χ1v) is 8.49. The molecular formula is C20H24N2O4. The van der Waals surface area contributed by atoms with Gasteiger partial charge in [-0.1, -0.05) is 18.2 Å². The van der Waals surface area contributed by atoms with E-state index in [1.807, 2.05) is 25.1 Å². The molecule has 0 unspecified atom stereocenters. The third kappa shape index (κ3) is 5.51. The highest BCUT2D eigenvalue weighted by atomic mass is 16.5. The van der Waals surface area contributed by atoms with Crippen molar-refractivity contribution in [3.63, 3.8) is 0 Å². The summed E-state index contributed by atoms with van der Waals surface area (Å²) >= 11 is 0. The minimum absolute atomic E-state index is 0.0431. The molecule has 0 bridgehead atoms. The summed E-state index contributed by atoms with van der Waals surface area (Å²) in [4.78, 5) is 23.4. The Morgan fingerprint density at radius 1 is 1.08 bits per heavy atom. The largest absolute Gasteiger partial charge is 0.493 e. The molecule has 0 fully saturated rings. The molecule has 0 saturated carbocycles. The minimum Gasteiger partial charge on any atom is -0.493 e. The second kappa shape index (κ2) is 9.46. The van der Waals surface area contributed by atoms with Crippen LogP contribution in [0.4, 0.5) is 10.5 Å². The number of nitrogens with one attached hydrogen (secondary N) is 2. The second-order valence-electron chi connectivity index (χ2n) is 5.69. The molecule has 0 aliphatic rings. The van der Waals surface area contributed by atoms with Gasteiger partial charge >= 0.3 is 6.03 Å². The Bertz CT molecular complexity index is 774. The van der Waals surface area contributed by atoms with Crippen LogP contribution in [0.2, 0.25) is 0 Å². The number of rotatable bonds is 8. The van der Waals surface area contributed by atoms with E-state index in [1.54, 1.807) is 31.4 Å². The molecular weight excluding hydrogens is 332 g/mol. The molecule has 0 radical (unpaired) electrons. The van der Waals surface area contributed by atoms with Gasteiger partial charge in [-0.3, -0.25) is 4.79 Å². The summed E-state index contributed by atoms with van der Waals surface area (Å²) in [5.74, 6) is 1.34. The van der Waals surface area contributed by atoms with Gasteiger partial charge in [-0.15, -0.1) is 0 Å². The maximum atomic E-state index is 12.0. The number of ether oxygens (including phenoxy) is 2. The highest BCUT2D eigenvalue weighted by Crippen LogP contribution is 2.28. The summed E-state index contributed by atoms with van der Waals surface area (Å²) in [6.07, 6.45) is 0.656. The van der Waals surface area contributed by atoms with E-state index in [-0.39, 0.29) is 11.8 Å². The highest BCUT2D eigenvalue weighted by Gasteiger charge is 2.07.